The van der Waals surface area contributed by atoms with Crippen LogP contribution in [0.4, 0.5) is 11.6 Å². The number of anilines is 2. The second-order valence-corrected chi connectivity index (χ2v) is 6.47. The molecule has 2 aromatic carbocycles. The van der Waals surface area contributed by atoms with Gasteiger partial charge in [-0.25, -0.2) is 9.97 Å². The average Bonchev–Trinajstić information content (AvgIpc) is 2.61. The summed E-state index contributed by atoms with van der Waals surface area (Å²) in [6.07, 6.45) is 3.06. The van der Waals surface area contributed by atoms with Gasteiger partial charge in [0.2, 0.25) is 5.95 Å². The second kappa shape index (κ2) is 7.78. The monoisotopic (exact) mass is 346 g/mol. The molecule has 0 spiro atoms. The predicted octanol–water partition coefficient (Wildman–Crippen LogP) is 4.27. The molecule has 5 nitrogen and oxygen atoms in total. The van der Waals surface area contributed by atoms with Crippen LogP contribution in [0, 0.1) is 20.8 Å². The standard InChI is InChI=1S/C21H22N4O/c1-14-4-6-17(7-5-14)11-22-21-23-12-18(13-24-21)20(26)25-19-9-15(2)8-16(3)10-19/h4-10,12-13H,11H2,1-3H3,(H,25,26)(H,22,23,24). The fourth-order valence-corrected chi connectivity index (χ4v) is 2.67. The van der Waals surface area contributed by atoms with Crippen LogP contribution in [0.25, 0.3) is 0 Å². The number of nitrogens with one attached hydrogen (secondary N) is 2. The maximum absolute atomic E-state index is 12.3. The lowest BCUT2D eigenvalue weighted by atomic mass is 10.1. The lowest BCUT2D eigenvalue weighted by molar-refractivity contribution is 0.102. The van der Waals surface area contributed by atoms with Crippen LogP contribution < -0.4 is 10.6 Å². The molecule has 3 aromatic rings. The molecule has 1 aromatic heterocycles. The summed E-state index contributed by atoms with van der Waals surface area (Å²) < 4.78 is 0. The molecule has 1 amide bonds. The van der Waals surface area contributed by atoms with Crippen molar-refractivity contribution in [2.75, 3.05) is 10.6 Å². The van der Waals surface area contributed by atoms with Crippen molar-refractivity contribution in [3.8, 4) is 0 Å². The summed E-state index contributed by atoms with van der Waals surface area (Å²) in [5.41, 5.74) is 5.78. The molecular formula is C21H22N4O. The molecule has 1 heterocycles. The summed E-state index contributed by atoms with van der Waals surface area (Å²) >= 11 is 0. The SMILES string of the molecule is Cc1ccc(CNc2ncc(C(=O)Nc3cc(C)cc(C)c3)cn2)cc1. The van der Waals surface area contributed by atoms with Gasteiger partial charge in [0.25, 0.3) is 5.91 Å². The second-order valence-electron chi connectivity index (χ2n) is 6.47. The lowest BCUT2D eigenvalue weighted by Gasteiger charge is -2.08. The number of rotatable bonds is 5. The first-order chi connectivity index (χ1) is 12.5. The molecule has 0 fully saturated rings. The Morgan fingerprint density at radius 1 is 0.885 bits per heavy atom. The average molecular weight is 346 g/mol. The minimum atomic E-state index is -0.222. The van der Waals surface area contributed by atoms with Crippen LogP contribution in [0.2, 0.25) is 0 Å². The van der Waals surface area contributed by atoms with Crippen LogP contribution in [0.1, 0.15) is 32.6 Å². The molecule has 0 saturated heterocycles. The normalized spacial score (nSPS) is 10.4. The highest BCUT2D eigenvalue weighted by atomic mass is 16.1. The molecule has 0 saturated carbocycles. The van der Waals surface area contributed by atoms with Gasteiger partial charge in [-0.05, 0) is 49.6 Å². The molecule has 0 bridgehead atoms. The van der Waals surface area contributed by atoms with Crippen LogP contribution in [0.3, 0.4) is 0 Å². The number of aromatic nitrogens is 2. The van der Waals surface area contributed by atoms with Gasteiger partial charge in [-0.2, -0.15) is 0 Å². The molecule has 0 unspecified atom stereocenters. The van der Waals surface area contributed by atoms with Gasteiger partial charge in [-0.3, -0.25) is 4.79 Å². The number of carbonyl (C=O) groups excluding carboxylic acids is 1. The molecule has 2 N–H and O–H groups in total. The number of carbonyl (C=O) groups is 1. The molecule has 5 heteroatoms. The smallest absolute Gasteiger partial charge is 0.258 e. The largest absolute Gasteiger partial charge is 0.350 e. The number of hydrogen-bond donors (Lipinski definition) is 2. The van der Waals surface area contributed by atoms with E-state index in [-0.39, 0.29) is 5.91 Å². The third kappa shape index (κ3) is 4.66. The van der Waals surface area contributed by atoms with Gasteiger partial charge in [0.05, 0.1) is 5.56 Å². The zero-order valence-electron chi connectivity index (χ0n) is 15.2. The van der Waals surface area contributed by atoms with E-state index in [2.05, 4.69) is 57.9 Å². The van der Waals surface area contributed by atoms with E-state index in [0.717, 1.165) is 22.4 Å². The van der Waals surface area contributed by atoms with Gasteiger partial charge in [0.15, 0.2) is 0 Å². The highest BCUT2D eigenvalue weighted by Gasteiger charge is 2.08. The van der Waals surface area contributed by atoms with Gasteiger partial charge in [0, 0.05) is 24.6 Å². The van der Waals surface area contributed by atoms with Crippen molar-refractivity contribution in [1.82, 2.24) is 9.97 Å². The van der Waals surface area contributed by atoms with Crippen molar-refractivity contribution in [2.24, 2.45) is 0 Å². The fraction of sp³-hybridized carbons (Fsp3) is 0.190. The lowest BCUT2D eigenvalue weighted by Crippen LogP contribution is -2.13. The summed E-state index contributed by atoms with van der Waals surface area (Å²) in [6.45, 7) is 6.69. The molecule has 0 aliphatic heterocycles. The Kier molecular flexibility index (Phi) is 5.27. The maximum atomic E-state index is 12.3. The first-order valence-corrected chi connectivity index (χ1v) is 8.51. The molecular weight excluding hydrogens is 324 g/mol. The minimum Gasteiger partial charge on any atom is -0.350 e. The Morgan fingerprint density at radius 2 is 1.50 bits per heavy atom. The van der Waals surface area contributed by atoms with Gasteiger partial charge in [0.1, 0.15) is 0 Å². The highest BCUT2D eigenvalue weighted by molar-refractivity contribution is 6.04. The van der Waals surface area contributed by atoms with E-state index < -0.39 is 0 Å². The number of benzene rings is 2. The molecule has 0 aliphatic carbocycles. The minimum absolute atomic E-state index is 0.222. The third-order valence-electron chi connectivity index (χ3n) is 3.96. The Hall–Kier alpha value is -3.21. The summed E-state index contributed by atoms with van der Waals surface area (Å²) in [5.74, 6) is 0.272. The Balaban J connectivity index is 1.61. The molecule has 132 valence electrons. The summed E-state index contributed by atoms with van der Waals surface area (Å²) in [7, 11) is 0. The molecule has 26 heavy (non-hydrogen) atoms. The zero-order valence-corrected chi connectivity index (χ0v) is 15.2. The van der Waals surface area contributed by atoms with Gasteiger partial charge in [-0.15, -0.1) is 0 Å². The summed E-state index contributed by atoms with van der Waals surface area (Å²) in [6, 6.07) is 14.2. The Labute approximate surface area is 153 Å². The van der Waals surface area contributed by atoms with Crippen LogP contribution in [0.5, 0.6) is 0 Å². The van der Waals surface area contributed by atoms with Gasteiger partial charge >= 0.3 is 0 Å². The first-order valence-electron chi connectivity index (χ1n) is 8.51. The molecule has 0 radical (unpaired) electrons. The first kappa shape index (κ1) is 17.6. The van der Waals surface area contributed by atoms with Crippen molar-refractivity contribution >= 4 is 17.5 Å². The van der Waals surface area contributed by atoms with E-state index in [4.69, 9.17) is 0 Å². The number of aryl methyl sites for hydroxylation is 3. The summed E-state index contributed by atoms with van der Waals surface area (Å²) in [4.78, 5) is 20.8. The topological polar surface area (TPSA) is 66.9 Å². The number of amides is 1. The van der Waals surface area contributed by atoms with Crippen molar-refractivity contribution in [2.45, 2.75) is 27.3 Å². The molecule has 3 rings (SSSR count). The maximum Gasteiger partial charge on any atom is 0.258 e. The van der Waals surface area contributed by atoms with E-state index in [1.54, 1.807) is 0 Å². The Morgan fingerprint density at radius 3 is 2.12 bits per heavy atom. The van der Waals surface area contributed by atoms with E-state index >= 15 is 0 Å². The van der Waals surface area contributed by atoms with Gasteiger partial charge < -0.3 is 10.6 Å². The highest BCUT2D eigenvalue weighted by Crippen LogP contribution is 2.15. The van der Waals surface area contributed by atoms with E-state index in [1.807, 2.05) is 26.0 Å². The molecule has 0 aliphatic rings. The van der Waals surface area contributed by atoms with Crippen LogP contribution in [-0.2, 0) is 6.54 Å². The third-order valence-corrected chi connectivity index (χ3v) is 3.96. The van der Waals surface area contributed by atoms with Crippen LogP contribution in [0.15, 0.2) is 54.9 Å². The summed E-state index contributed by atoms with van der Waals surface area (Å²) in [5, 5.41) is 6.04. The van der Waals surface area contributed by atoms with E-state index in [9.17, 15) is 4.79 Å². The fourth-order valence-electron chi connectivity index (χ4n) is 2.67. The Bertz CT molecular complexity index is 882. The van der Waals surface area contributed by atoms with Crippen molar-refractivity contribution in [3.63, 3.8) is 0 Å². The van der Waals surface area contributed by atoms with Crippen LogP contribution >= 0.6 is 0 Å². The van der Waals surface area contributed by atoms with Crippen molar-refractivity contribution < 1.29 is 4.79 Å². The van der Waals surface area contributed by atoms with Crippen molar-refractivity contribution in [1.29, 1.82) is 0 Å². The predicted molar refractivity (Wildman–Crippen MR) is 104 cm³/mol. The zero-order chi connectivity index (χ0) is 18.5. The van der Waals surface area contributed by atoms with Crippen LogP contribution in [-0.4, -0.2) is 15.9 Å². The van der Waals surface area contributed by atoms with E-state index in [1.165, 1.54) is 18.0 Å². The number of hydrogen-bond acceptors (Lipinski definition) is 4. The quantitative estimate of drug-likeness (QED) is 0.724. The van der Waals surface area contributed by atoms with E-state index in [0.29, 0.717) is 18.1 Å². The van der Waals surface area contributed by atoms with Gasteiger partial charge in [-0.1, -0.05) is 35.9 Å². The number of nitrogens with zero attached hydrogens (tertiary/aromatic N) is 2. The molecule has 0 atom stereocenters. The van der Waals surface area contributed by atoms with Crippen molar-refractivity contribution in [3.05, 3.63) is 82.7 Å².